The number of hydrogen-bond acceptors (Lipinski definition) is 6. The summed E-state index contributed by atoms with van der Waals surface area (Å²) in [4.78, 5) is 32.6. The fraction of sp³-hybridized carbons (Fsp3) is 0.464. The van der Waals surface area contributed by atoms with Crippen molar-refractivity contribution in [3.8, 4) is 0 Å². The van der Waals surface area contributed by atoms with Crippen molar-refractivity contribution in [2.45, 2.75) is 78.3 Å². The van der Waals surface area contributed by atoms with E-state index < -0.39 is 20.0 Å². The molecule has 0 saturated heterocycles. The highest BCUT2D eigenvalue weighted by molar-refractivity contribution is 7.16. The van der Waals surface area contributed by atoms with Gasteiger partial charge in [0.1, 0.15) is 10.6 Å². The summed E-state index contributed by atoms with van der Waals surface area (Å²) in [6.07, 6.45) is 3.16. The molecule has 0 unspecified atom stereocenters. The van der Waals surface area contributed by atoms with Gasteiger partial charge in [0, 0.05) is 41.3 Å². The molecular formula is C28H39N3O4SSi. The van der Waals surface area contributed by atoms with E-state index in [2.05, 4.69) is 44.2 Å². The largest absolute Gasteiger partial charge is 0.443 e. The van der Waals surface area contributed by atoms with Crippen LogP contribution >= 0.6 is 11.3 Å². The number of thiophene rings is 1. The fourth-order valence-electron chi connectivity index (χ4n) is 3.26. The first kappa shape index (κ1) is 28.8. The summed E-state index contributed by atoms with van der Waals surface area (Å²) < 4.78 is 12.0. The number of pyridine rings is 1. The summed E-state index contributed by atoms with van der Waals surface area (Å²) in [7, 11) is -1.90. The first-order valence-electron chi connectivity index (χ1n) is 12.5. The van der Waals surface area contributed by atoms with Crippen molar-refractivity contribution in [1.82, 2.24) is 4.98 Å². The highest BCUT2D eigenvalue weighted by Crippen LogP contribution is 2.38. The van der Waals surface area contributed by atoms with E-state index in [1.807, 2.05) is 57.2 Å². The smallest absolute Gasteiger partial charge is 0.415 e. The van der Waals surface area contributed by atoms with Crippen molar-refractivity contribution >= 4 is 53.1 Å². The van der Waals surface area contributed by atoms with E-state index in [1.165, 1.54) is 16.2 Å². The maximum absolute atomic E-state index is 13.1. The quantitative estimate of drug-likeness (QED) is 0.297. The molecule has 0 aliphatic heterocycles. The van der Waals surface area contributed by atoms with Crippen molar-refractivity contribution in [2.24, 2.45) is 0 Å². The maximum Gasteiger partial charge on any atom is 0.415 e. The molecule has 2 aromatic heterocycles. The SMILES string of the molecule is CC(C)(C)OC(=O)N(CCC(=O)Nc1ccc2cnccc2c1)c1ccc(CO[Si](C)(C)C(C)(C)C)s1. The minimum Gasteiger partial charge on any atom is -0.443 e. The lowest BCUT2D eigenvalue weighted by Gasteiger charge is -2.36. The van der Waals surface area contributed by atoms with Gasteiger partial charge in [-0.2, -0.15) is 0 Å². The molecule has 0 aliphatic carbocycles. The van der Waals surface area contributed by atoms with Crippen molar-refractivity contribution in [1.29, 1.82) is 0 Å². The molecule has 0 fully saturated rings. The summed E-state index contributed by atoms with van der Waals surface area (Å²) in [6, 6.07) is 11.5. The van der Waals surface area contributed by atoms with Crippen LogP contribution in [0.3, 0.4) is 0 Å². The lowest BCUT2D eigenvalue weighted by atomic mass is 10.1. The average molecular weight is 542 g/mol. The van der Waals surface area contributed by atoms with Gasteiger partial charge in [-0.1, -0.05) is 26.8 Å². The first-order chi connectivity index (χ1) is 17.1. The van der Waals surface area contributed by atoms with Crippen molar-refractivity contribution in [3.05, 3.63) is 53.7 Å². The normalized spacial score (nSPS) is 12.4. The van der Waals surface area contributed by atoms with Crippen molar-refractivity contribution in [2.75, 3.05) is 16.8 Å². The minimum absolute atomic E-state index is 0.116. The molecule has 2 amide bonds. The number of carbonyl (C=O) groups is 2. The van der Waals surface area contributed by atoms with Gasteiger partial charge in [0.25, 0.3) is 0 Å². The van der Waals surface area contributed by atoms with Crippen LogP contribution in [-0.2, 0) is 20.6 Å². The molecule has 0 aliphatic rings. The average Bonchev–Trinajstić information content (AvgIpc) is 3.24. The molecule has 0 radical (unpaired) electrons. The Morgan fingerprint density at radius 3 is 2.43 bits per heavy atom. The van der Waals surface area contributed by atoms with Crippen molar-refractivity contribution in [3.63, 3.8) is 0 Å². The number of rotatable bonds is 8. The lowest BCUT2D eigenvalue weighted by molar-refractivity contribution is -0.116. The molecular weight excluding hydrogens is 502 g/mol. The molecule has 0 atom stereocenters. The van der Waals surface area contributed by atoms with E-state index >= 15 is 0 Å². The van der Waals surface area contributed by atoms with Gasteiger partial charge in [0.05, 0.1) is 6.61 Å². The van der Waals surface area contributed by atoms with Gasteiger partial charge in [-0.25, -0.2) is 4.79 Å². The highest BCUT2D eigenvalue weighted by atomic mass is 32.1. The second kappa shape index (κ2) is 11.3. The van der Waals surface area contributed by atoms with E-state index in [1.54, 1.807) is 12.4 Å². The van der Waals surface area contributed by atoms with Gasteiger partial charge in [0.15, 0.2) is 8.32 Å². The zero-order valence-corrected chi connectivity index (χ0v) is 25.0. The third kappa shape index (κ3) is 8.11. The third-order valence-electron chi connectivity index (χ3n) is 6.40. The van der Waals surface area contributed by atoms with E-state index in [0.29, 0.717) is 12.3 Å². The zero-order valence-electron chi connectivity index (χ0n) is 23.2. The number of ether oxygens (including phenoxy) is 1. The molecule has 7 nitrogen and oxygen atoms in total. The van der Waals surface area contributed by atoms with Gasteiger partial charge < -0.3 is 14.5 Å². The summed E-state index contributed by atoms with van der Waals surface area (Å²) >= 11 is 1.49. The Labute approximate surface area is 225 Å². The fourth-order valence-corrected chi connectivity index (χ4v) is 5.25. The molecule has 1 aromatic carbocycles. The predicted molar refractivity (Wildman–Crippen MR) is 155 cm³/mol. The van der Waals surface area contributed by atoms with E-state index in [-0.39, 0.29) is 23.9 Å². The van der Waals surface area contributed by atoms with Crippen LogP contribution in [0.4, 0.5) is 15.5 Å². The second-order valence-corrected chi connectivity index (χ2v) is 17.6. The Balaban J connectivity index is 1.70. The highest BCUT2D eigenvalue weighted by Gasteiger charge is 2.37. The Morgan fingerprint density at radius 1 is 1.03 bits per heavy atom. The summed E-state index contributed by atoms with van der Waals surface area (Å²) in [5, 5.41) is 5.78. The van der Waals surface area contributed by atoms with Crippen LogP contribution in [0.15, 0.2) is 48.8 Å². The Hall–Kier alpha value is -2.75. The molecule has 0 saturated carbocycles. The molecule has 9 heteroatoms. The van der Waals surface area contributed by atoms with Crippen LogP contribution in [-0.4, -0.2) is 37.4 Å². The summed E-state index contributed by atoms with van der Waals surface area (Å²) in [5.74, 6) is -0.181. The number of hydrogen-bond donors (Lipinski definition) is 1. The van der Waals surface area contributed by atoms with Crippen LogP contribution in [0.5, 0.6) is 0 Å². The van der Waals surface area contributed by atoms with Gasteiger partial charge in [-0.3, -0.25) is 14.7 Å². The summed E-state index contributed by atoms with van der Waals surface area (Å²) in [6.45, 7) is 17.3. The Morgan fingerprint density at radius 2 is 1.76 bits per heavy atom. The van der Waals surface area contributed by atoms with Gasteiger partial charge in [-0.15, -0.1) is 11.3 Å². The lowest BCUT2D eigenvalue weighted by Crippen LogP contribution is -2.40. The van der Waals surface area contributed by atoms with Crippen LogP contribution in [0.1, 0.15) is 52.8 Å². The molecule has 2 heterocycles. The summed E-state index contributed by atoms with van der Waals surface area (Å²) in [5.41, 5.74) is 0.0528. The van der Waals surface area contributed by atoms with Gasteiger partial charge in [0.2, 0.25) is 5.91 Å². The number of benzene rings is 1. The third-order valence-corrected chi connectivity index (χ3v) is 12.0. The Bertz CT molecular complexity index is 1240. The van der Waals surface area contributed by atoms with Crippen LogP contribution in [0.25, 0.3) is 10.8 Å². The standard InChI is InChI=1S/C28H39N3O4SSi/c1-27(2,3)35-26(33)31(25-12-11-23(36-25)19-34-37(7,8)28(4,5)6)16-14-24(32)30-22-10-9-21-18-29-15-13-20(21)17-22/h9-13,15,17-18H,14,16,19H2,1-8H3,(H,30,32). The number of nitrogens with one attached hydrogen (secondary N) is 1. The van der Waals surface area contributed by atoms with Crippen LogP contribution < -0.4 is 10.2 Å². The van der Waals surface area contributed by atoms with E-state index in [0.717, 1.165) is 20.7 Å². The topological polar surface area (TPSA) is 80.8 Å². The van der Waals surface area contributed by atoms with Crippen LogP contribution in [0, 0.1) is 0 Å². The van der Waals surface area contributed by atoms with E-state index in [4.69, 9.17) is 9.16 Å². The minimum atomic E-state index is -1.90. The first-order valence-corrected chi connectivity index (χ1v) is 16.2. The number of fused-ring (bicyclic) bond motifs is 1. The second-order valence-electron chi connectivity index (χ2n) is 11.7. The van der Waals surface area contributed by atoms with E-state index in [9.17, 15) is 9.59 Å². The number of aromatic nitrogens is 1. The van der Waals surface area contributed by atoms with Crippen LogP contribution in [0.2, 0.25) is 18.1 Å². The predicted octanol–water partition coefficient (Wildman–Crippen LogP) is 7.59. The molecule has 0 bridgehead atoms. The molecule has 3 aromatic rings. The number of nitrogens with zero attached hydrogens (tertiary/aromatic N) is 2. The van der Waals surface area contributed by atoms with Crippen molar-refractivity contribution < 1.29 is 18.8 Å². The number of carbonyl (C=O) groups excluding carboxylic acids is 2. The number of anilines is 2. The molecule has 37 heavy (non-hydrogen) atoms. The maximum atomic E-state index is 13.1. The molecule has 1 N–H and O–H groups in total. The molecule has 200 valence electrons. The zero-order chi connectivity index (χ0) is 27.4. The van der Waals surface area contributed by atoms with Gasteiger partial charge >= 0.3 is 6.09 Å². The Kier molecular flexibility index (Phi) is 8.82. The monoisotopic (exact) mass is 541 g/mol. The molecule has 0 spiro atoms. The molecule has 3 rings (SSSR count). The number of amides is 2. The van der Waals surface area contributed by atoms with Gasteiger partial charge in [-0.05, 0) is 74.6 Å².